The van der Waals surface area contributed by atoms with Gasteiger partial charge < -0.3 is 18.8 Å². The summed E-state index contributed by atoms with van der Waals surface area (Å²) < 4.78 is 12.6. The lowest BCUT2D eigenvalue weighted by Crippen LogP contribution is -2.13. The van der Waals surface area contributed by atoms with Crippen LogP contribution >= 0.6 is 11.8 Å². The van der Waals surface area contributed by atoms with Crippen molar-refractivity contribution in [2.45, 2.75) is 24.8 Å². The second-order valence-corrected chi connectivity index (χ2v) is 5.71. The molecule has 1 aliphatic rings. The Bertz CT molecular complexity index is 712. The van der Waals surface area contributed by atoms with Crippen LogP contribution in [0.4, 0.5) is 0 Å². The molecule has 7 nitrogen and oxygen atoms in total. The SMILES string of the molecule is c1coc(-c2noc(CNCc3cn4c(n3)SCC4)n2)c1. The lowest BCUT2D eigenvalue weighted by atomic mass is 10.4. The number of fused-ring (bicyclic) bond motifs is 1. The first-order valence-corrected chi connectivity index (χ1v) is 7.63. The summed E-state index contributed by atoms with van der Waals surface area (Å²) in [5, 5.41) is 8.24. The highest BCUT2D eigenvalue weighted by Crippen LogP contribution is 2.24. The van der Waals surface area contributed by atoms with E-state index in [-0.39, 0.29) is 0 Å². The van der Waals surface area contributed by atoms with Gasteiger partial charge in [-0.2, -0.15) is 4.98 Å². The topological polar surface area (TPSA) is 81.9 Å². The van der Waals surface area contributed by atoms with E-state index in [1.54, 1.807) is 30.2 Å². The van der Waals surface area contributed by atoms with Gasteiger partial charge in [-0.1, -0.05) is 16.9 Å². The number of imidazole rings is 1. The molecule has 0 atom stereocenters. The van der Waals surface area contributed by atoms with Gasteiger partial charge in [0.25, 0.3) is 0 Å². The molecule has 0 radical (unpaired) electrons. The van der Waals surface area contributed by atoms with Crippen LogP contribution in [-0.2, 0) is 19.6 Å². The molecule has 0 aliphatic carbocycles. The fourth-order valence-corrected chi connectivity index (χ4v) is 3.14. The van der Waals surface area contributed by atoms with E-state index in [1.807, 2.05) is 0 Å². The molecule has 0 amide bonds. The predicted octanol–water partition coefficient (Wildman–Crippen LogP) is 1.92. The summed E-state index contributed by atoms with van der Waals surface area (Å²) in [5.41, 5.74) is 1.03. The van der Waals surface area contributed by atoms with Crippen molar-refractivity contribution in [1.82, 2.24) is 25.0 Å². The van der Waals surface area contributed by atoms with Gasteiger partial charge in [-0.3, -0.25) is 0 Å². The molecule has 4 rings (SSSR count). The van der Waals surface area contributed by atoms with Gasteiger partial charge in [-0.15, -0.1) is 0 Å². The van der Waals surface area contributed by atoms with Crippen LogP contribution in [0, 0.1) is 0 Å². The Morgan fingerprint density at radius 2 is 2.33 bits per heavy atom. The van der Waals surface area contributed by atoms with Crippen molar-refractivity contribution in [2.24, 2.45) is 0 Å². The Balaban J connectivity index is 1.34. The maximum Gasteiger partial charge on any atom is 0.241 e. The van der Waals surface area contributed by atoms with Crippen LogP contribution < -0.4 is 5.32 Å². The highest BCUT2D eigenvalue weighted by molar-refractivity contribution is 7.99. The van der Waals surface area contributed by atoms with E-state index in [9.17, 15) is 0 Å². The molecular weight excluding hydrogens is 290 g/mol. The first-order valence-electron chi connectivity index (χ1n) is 6.64. The Morgan fingerprint density at radius 3 is 3.19 bits per heavy atom. The summed E-state index contributed by atoms with van der Waals surface area (Å²) >= 11 is 1.79. The van der Waals surface area contributed by atoms with Crippen molar-refractivity contribution in [2.75, 3.05) is 5.75 Å². The molecule has 0 fully saturated rings. The molecule has 108 valence electrons. The first kappa shape index (κ1) is 12.7. The number of hydrogen-bond donors (Lipinski definition) is 1. The van der Waals surface area contributed by atoms with Crippen molar-refractivity contribution >= 4 is 11.8 Å². The van der Waals surface area contributed by atoms with Crippen LogP contribution in [0.3, 0.4) is 0 Å². The third-order valence-electron chi connectivity index (χ3n) is 3.15. The van der Waals surface area contributed by atoms with E-state index < -0.39 is 0 Å². The fraction of sp³-hybridized carbons (Fsp3) is 0.308. The largest absolute Gasteiger partial charge is 0.461 e. The van der Waals surface area contributed by atoms with Crippen LogP contribution in [0.15, 0.2) is 38.7 Å². The van der Waals surface area contributed by atoms with Gasteiger partial charge in [-0.25, -0.2) is 4.98 Å². The fourth-order valence-electron chi connectivity index (χ4n) is 2.18. The summed E-state index contributed by atoms with van der Waals surface area (Å²) in [6.07, 6.45) is 3.67. The van der Waals surface area contributed by atoms with Crippen LogP contribution in [0.1, 0.15) is 11.6 Å². The molecular formula is C13H13N5O2S. The van der Waals surface area contributed by atoms with Crippen LogP contribution in [-0.4, -0.2) is 25.4 Å². The molecule has 0 spiro atoms. The average molecular weight is 303 g/mol. The smallest absolute Gasteiger partial charge is 0.241 e. The van der Waals surface area contributed by atoms with Gasteiger partial charge in [0.15, 0.2) is 10.9 Å². The van der Waals surface area contributed by atoms with Gasteiger partial charge in [0.2, 0.25) is 11.7 Å². The van der Waals surface area contributed by atoms with Gasteiger partial charge >= 0.3 is 0 Å². The van der Waals surface area contributed by atoms with Gasteiger partial charge in [-0.05, 0) is 12.1 Å². The minimum atomic E-state index is 0.467. The summed E-state index contributed by atoms with van der Waals surface area (Å²) in [6, 6.07) is 3.59. The maximum atomic E-state index is 5.22. The molecule has 3 aromatic rings. The number of nitrogens with one attached hydrogen (secondary N) is 1. The molecule has 3 aromatic heterocycles. The Morgan fingerprint density at radius 1 is 1.33 bits per heavy atom. The molecule has 0 unspecified atom stereocenters. The number of hydrogen-bond acceptors (Lipinski definition) is 7. The Labute approximate surface area is 124 Å². The number of thioether (sulfide) groups is 1. The minimum Gasteiger partial charge on any atom is -0.461 e. The van der Waals surface area contributed by atoms with E-state index in [2.05, 4.69) is 31.2 Å². The van der Waals surface area contributed by atoms with Crippen molar-refractivity contribution < 1.29 is 8.94 Å². The zero-order chi connectivity index (χ0) is 14.1. The van der Waals surface area contributed by atoms with Crippen molar-refractivity contribution in [3.63, 3.8) is 0 Å². The van der Waals surface area contributed by atoms with Gasteiger partial charge in [0.05, 0.1) is 18.5 Å². The first-order chi connectivity index (χ1) is 10.4. The number of aromatic nitrogens is 4. The standard InChI is InChI=1S/C13H13N5O2S/c1-2-10(19-4-1)12-16-11(20-17-12)7-14-6-9-8-18-3-5-21-13(18)15-9/h1-2,4,8,14H,3,5-7H2. The monoisotopic (exact) mass is 303 g/mol. The molecule has 1 aliphatic heterocycles. The number of aryl methyl sites for hydroxylation is 1. The number of rotatable bonds is 5. The molecule has 8 heteroatoms. The van der Waals surface area contributed by atoms with Crippen LogP contribution in [0.25, 0.3) is 11.6 Å². The van der Waals surface area contributed by atoms with E-state index >= 15 is 0 Å². The highest BCUT2D eigenvalue weighted by atomic mass is 32.2. The van der Waals surface area contributed by atoms with E-state index in [0.29, 0.717) is 30.6 Å². The van der Waals surface area contributed by atoms with Gasteiger partial charge in [0.1, 0.15) is 0 Å². The molecule has 1 N–H and O–H groups in total. The molecule has 21 heavy (non-hydrogen) atoms. The Kier molecular flexibility index (Phi) is 3.24. The summed E-state index contributed by atoms with van der Waals surface area (Å²) in [5.74, 6) is 2.72. The average Bonchev–Trinajstić information content (AvgIpc) is 3.23. The second kappa shape index (κ2) is 5.38. The maximum absolute atomic E-state index is 5.22. The summed E-state index contributed by atoms with van der Waals surface area (Å²) in [7, 11) is 0. The normalized spacial score (nSPS) is 13.7. The zero-order valence-electron chi connectivity index (χ0n) is 11.2. The number of nitrogens with zero attached hydrogens (tertiary/aromatic N) is 4. The molecule has 0 saturated carbocycles. The van der Waals surface area contributed by atoms with E-state index in [1.165, 1.54) is 0 Å². The van der Waals surface area contributed by atoms with Crippen molar-refractivity contribution in [1.29, 1.82) is 0 Å². The van der Waals surface area contributed by atoms with Gasteiger partial charge in [0, 0.05) is 25.0 Å². The highest BCUT2D eigenvalue weighted by Gasteiger charge is 2.14. The molecule has 0 saturated heterocycles. The van der Waals surface area contributed by atoms with Crippen molar-refractivity contribution in [3.05, 3.63) is 36.2 Å². The van der Waals surface area contributed by atoms with Crippen LogP contribution in [0.5, 0.6) is 0 Å². The van der Waals surface area contributed by atoms with E-state index in [0.717, 1.165) is 23.1 Å². The Hall–Kier alpha value is -2.06. The number of furan rings is 1. The summed E-state index contributed by atoms with van der Waals surface area (Å²) in [4.78, 5) is 8.82. The van der Waals surface area contributed by atoms with E-state index in [4.69, 9.17) is 8.94 Å². The third kappa shape index (κ3) is 2.59. The lowest BCUT2D eigenvalue weighted by Gasteiger charge is -1.97. The molecule has 0 aromatic carbocycles. The quantitative estimate of drug-likeness (QED) is 0.771. The van der Waals surface area contributed by atoms with Crippen LogP contribution in [0.2, 0.25) is 0 Å². The lowest BCUT2D eigenvalue weighted by molar-refractivity contribution is 0.366. The predicted molar refractivity (Wildman–Crippen MR) is 75.5 cm³/mol. The third-order valence-corrected chi connectivity index (χ3v) is 4.12. The minimum absolute atomic E-state index is 0.467. The molecule has 0 bridgehead atoms. The molecule has 4 heterocycles. The second-order valence-electron chi connectivity index (χ2n) is 4.65. The van der Waals surface area contributed by atoms with Crippen molar-refractivity contribution in [3.8, 4) is 11.6 Å². The zero-order valence-corrected chi connectivity index (χ0v) is 12.0. The summed E-state index contributed by atoms with van der Waals surface area (Å²) in [6.45, 7) is 2.23.